The van der Waals surface area contributed by atoms with Crippen LogP contribution in [0.15, 0.2) is 48.5 Å². The molecule has 0 spiro atoms. The fourth-order valence-electron chi connectivity index (χ4n) is 2.50. The van der Waals surface area contributed by atoms with Crippen LogP contribution in [0.5, 0.6) is 0 Å². The van der Waals surface area contributed by atoms with Gasteiger partial charge in [-0.05, 0) is 42.3 Å². The highest BCUT2D eigenvalue weighted by atomic mass is 32.2. The third kappa shape index (κ3) is 6.20. The maximum Gasteiger partial charge on any atom is 0.222 e. The summed E-state index contributed by atoms with van der Waals surface area (Å²) in [6, 6.07) is 9.76. The molecule has 8 heteroatoms. The molecule has 0 bridgehead atoms. The van der Waals surface area contributed by atoms with Gasteiger partial charge in [-0.3, -0.25) is 4.79 Å². The van der Waals surface area contributed by atoms with E-state index in [2.05, 4.69) is 10.0 Å². The summed E-state index contributed by atoms with van der Waals surface area (Å²) in [6.07, 6.45) is 0.826. The van der Waals surface area contributed by atoms with E-state index >= 15 is 0 Å². The summed E-state index contributed by atoms with van der Waals surface area (Å²) in [6.45, 7) is 1.74. The van der Waals surface area contributed by atoms with E-state index in [-0.39, 0.29) is 18.3 Å². The molecular formula is C18H20F2N2O3S. The molecule has 5 nitrogen and oxygen atoms in total. The Hall–Kier alpha value is -2.32. The molecule has 0 saturated carbocycles. The van der Waals surface area contributed by atoms with Crippen molar-refractivity contribution in [1.29, 1.82) is 0 Å². The van der Waals surface area contributed by atoms with Gasteiger partial charge in [-0.15, -0.1) is 0 Å². The summed E-state index contributed by atoms with van der Waals surface area (Å²) in [5.41, 5.74) is 1.19. The van der Waals surface area contributed by atoms with Gasteiger partial charge in [0.1, 0.15) is 11.6 Å². The highest BCUT2D eigenvalue weighted by molar-refractivity contribution is 7.88. The van der Waals surface area contributed by atoms with E-state index in [4.69, 9.17) is 0 Å². The molecule has 0 aliphatic rings. The molecule has 0 heterocycles. The van der Waals surface area contributed by atoms with Crippen LogP contribution in [-0.4, -0.2) is 20.6 Å². The first kappa shape index (κ1) is 20.0. The maximum absolute atomic E-state index is 13.1. The van der Waals surface area contributed by atoms with Crippen LogP contribution in [-0.2, 0) is 14.8 Å². The molecule has 2 aromatic carbocycles. The van der Waals surface area contributed by atoms with Gasteiger partial charge in [0.05, 0.1) is 18.3 Å². The second-order valence-corrected chi connectivity index (χ2v) is 7.82. The number of hydrogen-bond acceptors (Lipinski definition) is 3. The Morgan fingerprint density at radius 1 is 0.962 bits per heavy atom. The van der Waals surface area contributed by atoms with Crippen LogP contribution < -0.4 is 10.0 Å². The zero-order chi connectivity index (χ0) is 19.3. The second-order valence-electron chi connectivity index (χ2n) is 6.04. The van der Waals surface area contributed by atoms with Crippen LogP contribution in [0.4, 0.5) is 8.78 Å². The quantitative estimate of drug-likeness (QED) is 0.773. The highest BCUT2D eigenvalue weighted by Gasteiger charge is 2.21. The molecule has 0 radical (unpaired) electrons. The lowest BCUT2D eigenvalue weighted by Crippen LogP contribution is -2.34. The predicted octanol–water partition coefficient (Wildman–Crippen LogP) is 2.82. The predicted molar refractivity (Wildman–Crippen MR) is 94.7 cm³/mol. The van der Waals surface area contributed by atoms with Gasteiger partial charge in [-0.25, -0.2) is 21.9 Å². The first-order valence-electron chi connectivity index (χ1n) is 7.91. The highest BCUT2D eigenvalue weighted by Crippen LogP contribution is 2.20. The lowest BCUT2D eigenvalue weighted by Gasteiger charge is -2.20. The van der Waals surface area contributed by atoms with E-state index in [1.165, 1.54) is 36.4 Å². The van der Waals surface area contributed by atoms with Gasteiger partial charge in [0.2, 0.25) is 15.9 Å². The van der Waals surface area contributed by atoms with Crippen molar-refractivity contribution >= 4 is 15.9 Å². The maximum atomic E-state index is 13.1. The molecule has 0 aliphatic carbocycles. The minimum absolute atomic E-state index is 0.162. The molecule has 2 atom stereocenters. The first-order chi connectivity index (χ1) is 12.1. The zero-order valence-corrected chi connectivity index (χ0v) is 15.2. The Morgan fingerprint density at radius 2 is 1.42 bits per heavy atom. The third-order valence-electron chi connectivity index (χ3n) is 3.77. The van der Waals surface area contributed by atoms with Crippen LogP contribution in [0, 0.1) is 11.6 Å². The minimum atomic E-state index is -3.58. The smallest absolute Gasteiger partial charge is 0.222 e. The van der Waals surface area contributed by atoms with Gasteiger partial charge in [-0.2, -0.15) is 0 Å². The second kappa shape index (κ2) is 8.37. The summed E-state index contributed by atoms with van der Waals surface area (Å²) >= 11 is 0. The zero-order valence-electron chi connectivity index (χ0n) is 14.4. The summed E-state index contributed by atoms with van der Waals surface area (Å²) in [4.78, 5) is 12.3. The van der Waals surface area contributed by atoms with Gasteiger partial charge in [0, 0.05) is 6.42 Å². The van der Waals surface area contributed by atoms with Gasteiger partial charge >= 0.3 is 0 Å². The molecule has 1 amide bonds. The Morgan fingerprint density at radius 3 is 1.88 bits per heavy atom. The van der Waals surface area contributed by atoms with Gasteiger partial charge in [0.25, 0.3) is 0 Å². The number of nitrogens with one attached hydrogen (secondary N) is 2. The molecule has 0 saturated heterocycles. The van der Waals surface area contributed by atoms with Crippen molar-refractivity contribution in [3.05, 3.63) is 71.3 Å². The van der Waals surface area contributed by atoms with Crippen molar-refractivity contribution < 1.29 is 22.0 Å². The number of benzene rings is 2. The molecule has 26 heavy (non-hydrogen) atoms. The molecule has 2 rings (SSSR count). The molecule has 0 aromatic heterocycles. The lowest BCUT2D eigenvalue weighted by atomic mass is 10.0. The number of halogens is 2. The largest absolute Gasteiger partial charge is 0.350 e. The normalized spacial score (nSPS) is 13.8. The molecule has 0 aliphatic heterocycles. The summed E-state index contributed by atoms with van der Waals surface area (Å²) < 4.78 is 51.6. The molecule has 0 unspecified atom stereocenters. The Labute approximate surface area is 151 Å². The van der Waals surface area contributed by atoms with Gasteiger partial charge in [-0.1, -0.05) is 24.3 Å². The third-order valence-corrected chi connectivity index (χ3v) is 4.48. The van der Waals surface area contributed by atoms with E-state index in [0.717, 1.165) is 6.26 Å². The van der Waals surface area contributed by atoms with Crippen LogP contribution in [0.25, 0.3) is 0 Å². The minimum Gasteiger partial charge on any atom is -0.350 e. The van der Waals surface area contributed by atoms with E-state index in [1.54, 1.807) is 19.1 Å². The molecule has 0 fully saturated rings. The lowest BCUT2D eigenvalue weighted by molar-refractivity contribution is -0.122. The van der Waals surface area contributed by atoms with Crippen molar-refractivity contribution in [3.63, 3.8) is 0 Å². The average Bonchev–Trinajstić information content (AvgIpc) is 2.54. The number of carbonyl (C=O) groups excluding carboxylic acids is 1. The molecule has 2 aromatic rings. The van der Waals surface area contributed by atoms with E-state index in [1.807, 2.05) is 0 Å². The number of amides is 1. The van der Waals surface area contributed by atoms with E-state index < -0.39 is 27.8 Å². The monoisotopic (exact) mass is 382 g/mol. The van der Waals surface area contributed by atoms with Crippen molar-refractivity contribution in [2.24, 2.45) is 0 Å². The Bertz CT molecular complexity index is 853. The number of hydrogen-bond donors (Lipinski definition) is 2. The summed E-state index contributed by atoms with van der Waals surface area (Å²) in [5.74, 6) is -1.23. The SMILES string of the molecule is C[C@@H](NC(=O)C[C@H](NS(C)(=O)=O)c1ccc(F)cc1)c1ccc(F)cc1. The Kier molecular flexibility index (Phi) is 6.44. The van der Waals surface area contributed by atoms with Crippen molar-refractivity contribution in [3.8, 4) is 0 Å². The molecular weight excluding hydrogens is 362 g/mol. The van der Waals surface area contributed by atoms with Crippen molar-refractivity contribution in [2.45, 2.75) is 25.4 Å². The fraction of sp³-hybridized carbons (Fsp3) is 0.278. The topological polar surface area (TPSA) is 75.3 Å². The number of carbonyl (C=O) groups is 1. The van der Waals surface area contributed by atoms with Crippen LogP contribution >= 0.6 is 0 Å². The van der Waals surface area contributed by atoms with E-state index in [9.17, 15) is 22.0 Å². The average molecular weight is 382 g/mol. The molecule has 140 valence electrons. The standard InChI is InChI=1S/C18H20F2N2O3S/c1-12(13-3-7-15(19)8-4-13)21-18(23)11-17(22-26(2,24)25)14-5-9-16(20)10-6-14/h3-10,12,17,22H,11H2,1-2H3,(H,21,23)/t12-,17+/m1/s1. The van der Waals surface area contributed by atoms with Crippen LogP contribution in [0.3, 0.4) is 0 Å². The van der Waals surface area contributed by atoms with Crippen molar-refractivity contribution in [1.82, 2.24) is 10.0 Å². The summed E-state index contributed by atoms with van der Waals surface area (Å²) in [7, 11) is -3.58. The van der Waals surface area contributed by atoms with Crippen LogP contribution in [0.1, 0.15) is 36.6 Å². The van der Waals surface area contributed by atoms with Crippen molar-refractivity contribution in [2.75, 3.05) is 6.26 Å². The molecule has 2 N–H and O–H groups in total. The first-order valence-corrected chi connectivity index (χ1v) is 9.81. The van der Waals surface area contributed by atoms with Gasteiger partial charge < -0.3 is 5.32 Å². The van der Waals surface area contributed by atoms with Crippen LogP contribution in [0.2, 0.25) is 0 Å². The van der Waals surface area contributed by atoms with E-state index in [0.29, 0.717) is 11.1 Å². The number of sulfonamides is 1. The van der Waals surface area contributed by atoms with Gasteiger partial charge in [0.15, 0.2) is 0 Å². The fourth-order valence-corrected chi connectivity index (χ4v) is 3.24. The summed E-state index contributed by atoms with van der Waals surface area (Å²) in [5, 5.41) is 2.74. The Balaban J connectivity index is 2.10. The number of rotatable bonds is 7.